The summed E-state index contributed by atoms with van der Waals surface area (Å²) >= 11 is 4.05. The Morgan fingerprint density at radius 3 is 1.24 bits per heavy atom. The second kappa shape index (κ2) is 13.0. The second-order valence-corrected chi connectivity index (χ2v) is 29.0. The van der Waals surface area contributed by atoms with Gasteiger partial charge in [-0.05, 0) is 65.1 Å². The summed E-state index contributed by atoms with van der Waals surface area (Å²) in [6, 6.07) is 48.0. The normalized spacial score (nSPS) is 13.7. The van der Waals surface area contributed by atoms with Gasteiger partial charge in [0.25, 0.3) is 0 Å². The maximum absolute atomic E-state index is 9.24. The lowest BCUT2D eigenvalue weighted by Gasteiger charge is -2.30. The lowest BCUT2D eigenvalue weighted by Crippen LogP contribution is -2.73. The summed E-state index contributed by atoms with van der Waals surface area (Å²) in [5.74, 6) is 0. The van der Waals surface area contributed by atoms with E-state index in [0.29, 0.717) is 11.1 Å². The Hall–Kier alpha value is -4.61. The average Bonchev–Trinajstić information content (AvgIpc) is 3.84. The molecular formula is C42H36N2S2Si3. The molecule has 1 aliphatic rings. The van der Waals surface area contributed by atoms with Crippen molar-refractivity contribution < 1.29 is 0 Å². The predicted molar refractivity (Wildman–Crippen MR) is 219 cm³/mol. The van der Waals surface area contributed by atoms with Gasteiger partial charge in [0.1, 0.15) is 16.1 Å². The van der Waals surface area contributed by atoms with Gasteiger partial charge < -0.3 is 0 Å². The molecule has 0 amide bonds. The van der Waals surface area contributed by atoms with Gasteiger partial charge in [0, 0.05) is 9.75 Å². The van der Waals surface area contributed by atoms with Crippen LogP contribution in [0.4, 0.5) is 0 Å². The molecule has 0 fully saturated rings. The minimum absolute atomic E-state index is 0.688. The number of thiophene rings is 2. The largest absolute Gasteiger partial charge is 0.192 e. The summed E-state index contributed by atoms with van der Waals surface area (Å²) < 4.78 is 3.01. The van der Waals surface area contributed by atoms with Crippen molar-refractivity contribution in [2.45, 2.75) is 26.2 Å². The van der Waals surface area contributed by atoms with Gasteiger partial charge in [0.05, 0.1) is 23.3 Å². The van der Waals surface area contributed by atoms with E-state index in [9.17, 15) is 10.5 Å². The molecule has 4 aromatic carbocycles. The fourth-order valence-electron chi connectivity index (χ4n) is 6.73. The van der Waals surface area contributed by atoms with E-state index in [1.807, 2.05) is 71.2 Å². The highest BCUT2D eigenvalue weighted by atomic mass is 32.1. The van der Waals surface area contributed by atoms with E-state index in [-0.39, 0.29) is 0 Å². The molecule has 49 heavy (non-hydrogen) atoms. The van der Waals surface area contributed by atoms with Crippen LogP contribution in [0.2, 0.25) is 26.2 Å². The van der Waals surface area contributed by atoms with Crippen LogP contribution in [0, 0.1) is 22.7 Å². The molecule has 0 spiro atoms. The zero-order valence-corrected chi connectivity index (χ0v) is 32.7. The maximum atomic E-state index is 9.24. The fourth-order valence-corrected chi connectivity index (χ4v) is 21.0. The first-order chi connectivity index (χ1) is 23.7. The predicted octanol–water partition coefficient (Wildman–Crippen LogP) is 7.25. The van der Waals surface area contributed by atoms with Crippen LogP contribution in [0.5, 0.6) is 0 Å². The first-order valence-corrected chi connectivity index (χ1v) is 26.2. The molecule has 2 aromatic heterocycles. The summed E-state index contributed by atoms with van der Waals surface area (Å²) in [7, 11) is -6.53. The molecule has 0 saturated carbocycles. The Balaban J connectivity index is 1.38. The Kier molecular flexibility index (Phi) is 8.74. The molecule has 0 aliphatic carbocycles. The summed E-state index contributed by atoms with van der Waals surface area (Å²) in [5, 5.41) is 24.4. The van der Waals surface area contributed by atoms with Crippen LogP contribution in [-0.2, 0) is 0 Å². The van der Waals surface area contributed by atoms with Crippen LogP contribution >= 0.6 is 22.7 Å². The molecule has 0 bridgehead atoms. The number of hydrogen-bond acceptors (Lipinski definition) is 4. The second-order valence-electron chi connectivity index (χ2n) is 13.8. The average molecular weight is 717 g/mol. The number of nitriles is 2. The van der Waals surface area contributed by atoms with Crippen molar-refractivity contribution in [1.29, 1.82) is 10.5 Å². The van der Waals surface area contributed by atoms with E-state index in [1.54, 1.807) is 0 Å². The van der Waals surface area contributed by atoms with Crippen molar-refractivity contribution in [3.05, 3.63) is 155 Å². The summed E-state index contributed by atoms with van der Waals surface area (Å²) in [4.78, 5) is 2.93. The van der Waals surface area contributed by atoms with E-state index in [4.69, 9.17) is 0 Å². The number of fused-ring (bicyclic) bond motifs is 3. The number of rotatable bonds is 8. The summed E-state index contributed by atoms with van der Waals surface area (Å²) in [6.45, 7) is 9.81. The Labute approximate surface area is 300 Å². The summed E-state index contributed by atoms with van der Waals surface area (Å²) in [6.07, 6.45) is 4.50. The van der Waals surface area contributed by atoms with E-state index >= 15 is 0 Å². The highest BCUT2D eigenvalue weighted by Gasteiger charge is 2.52. The topological polar surface area (TPSA) is 47.6 Å². The van der Waals surface area contributed by atoms with Crippen molar-refractivity contribution >= 4 is 88.8 Å². The first kappa shape index (κ1) is 32.9. The fraction of sp³-hybridized carbons (Fsp3) is 0.0952. The van der Waals surface area contributed by atoms with Crippen LogP contribution in [0.1, 0.15) is 22.3 Å². The SMILES string of the molecule is C[Si](C)(/C=C/c1ccc(C#N)cc1)c1cc2c(s1)-c1sc([Si](C)(C)/C=C/c3ccc(C#N)cc3)cc1[Si]2(c1ccccc1)c1ccccc1. The van der Waals surface area contributed by atoms with Gasteiger partial charge in [-0.2, -0.15) is 10.5 Å². The molecule has 0 N–H and O–H groups in total. The van der Waals surface area contributed by atoms with Gasteiger partial charge in [-0.3, -0.25) is 0 Å². The van der Waals surface area contributed by atoms with Crippen molar-refractivity contribution in [3.63, 3.8) is 0 Å². The quantitative estimate of drug-likeness (QED) is 0.156. The first-order valence-electron chi connectivity index (χ1n) is 16.5. The standard InChI is InChI=1S/C42H36N2S2Si3/c1-47(2,25-23-31-15-19-33(29-43)20-16-31)39-27-37-41(45-39)42-38(49(37,35-11-7-5-8-12-35)36-13-9-6-10-14-36)28-40(46-42)48(3,4)26-24-32-17-21-34(30-44)22-18-32/h5-28H,1-4H3/b25-23+,26-24+. The minimum atomic E-state index is -2.58. The van der Waals surface area contributed by atoms with E-state index in [1.165, 1.54) is 39.5 Å². The monoisotopic (exact) mass is 716 g/mol. The molecule has 1 aliphatic heterocycles. The maximum Gasteiger partial charge on any atom is 0.182 e. The van der Waals surface area contributed by atoms with Gasteiger partial charge in [-0.1, -0.05) is 147 Å². The van der Waals surface area contributed by atoms with Crippen LogP contribution in [0.15, 0.2) is 133 Å². The highest BCUT2D eigenvalue weighted by molar-refractivity contribution is 7.41. The third-order valence-electron chi connectivity index (χ3n) is 9.63. The molecular weight excluding hydrogens is 681 g/mol. The van der Waals surface area contributed by atoms with Crippen molar-refractivity contribution in [2.75, 3.05) is 0 Å². The van der Waals surface area contributed by atoms with Crippen LogP contribution in [0.3, 0.4) is 0 Å². The molecule has 238 valence electrons. The summed E-state index contributed by atoms with van der Waals surface area (Å²) in [5.41, 5.74) is 8.55. The van der Waals surface area contributed by atoms with E-state index in [0.717, 1.165) is 11.1 Å². The van der Waals surface area contributed by atoms with Crippen molar-refractivity contribution in [3.8, 4) is 21.9 Å². The number of nitrogens with zero attached hydrogens (tertiary/aromatic N) is 2. The Bertz CT molecular complexity index is 2120. The third kappa shape index (κ3) is 5.99. The zero-order valence-electron chi connectivity index (χ0n) is 28.1. The van der Waals surface area contributed by atoms with Crippen LogP contribution in [-0.4, -0.2) is 24.2 Å². The van der Waals surface area contributed by atoms with E-state index in [2.05, 4.69) is 135 Å². The number of benzene rings is 4. The van der Waals surface area contributed by atoms with Crippen molar-refractivity contribution in [1.82, 2.24) is 0 Å². The molecule has 0 unspecified atom stereocenters. The molecule has 0 saturated heterocycles. The van der Waals surface area contributed by atoms with Gasteiger partial charge in [-0.15, -0.1) is 22.7 Å². The molecule has 3 heterocycles. The molecule has 0 atom stereocenters. The lowest BCUT2D eigenvalue weighted by atomic mass is 10.1. The van der Waals surface area contributed by atoms with Gasteiger partial charge in [-0.25, -0.2) is 0 Å². The molecule has 0 radical (unpaired) electrons. The third-order valence-corrected chi connectivity index (χ3v) is 25.5. The van der Waals surface area contributed by atoms with Crippen LogP contribution < -0.4 is 29.7 Å². The molecule has 2 nitrogen and oxygen atoms in total. The number of hydrogen-bond donors (Lipinski definition) is 0. The van der Waals surface area contributed by atoms with Gasteiger partial charge in [0.2, 0.25) is 0 Å². The molecule has 6 aromatic rings. The minimum Gasteiger partial charge on any atom is -0.192 e. The van der Waals surface area contributed by atoms with E-state index < -0.39 is 24.2 Å². The Morgan fingerprint density at radius 2 is 0.898 bits per heavy atom. The highest BCUT2D eigenvalue weighted by Crippen LogP contribution is 2.36. The smallest absolute Gasteiger partial charge is 0.182 e. The zero-order chi connectivity index (χ0) is 34.2. The lowest BCUT2D eigenvalue weighted by molar-refractivity contribution is 1.48. The van der Waals surface area contributed by atoms with Crippen LogP contribution in [0.25, 0.3) is 21.9 Å². The molecule has 7 rings (SSSR count). The van der Waals surface area contributed by atoms with Gasteiger partial charge >= 0.3 is 0 Å². The molecule has 7 heteroatoms. The van der Waals surface area contributed by atoms with Gasteiger partial charge in [0.15, 0.2) is 8.07 Å². The Morgan fingerprint density at radius 1 is 0.531 bits per heavy atom. The van der Waals surface area contributed by atoms with Crippen molar-refractivity contribution in [2.24, 2.45) is 0 Å².